The van der Waals surface area contributed by atoms with E-state index in [1.54, 1.807) is 4.90 Å². The van der Waals surface area contributed by atoms with Crippen molar-refractivity contribution in [1.29, 1.82) is 0 Å². The van der Waals surface area contributed by atoms with Crippen LogP contribution >= 0.6 is 0 Å². The molecule has 14 heavy (non-hydrogen) atoms. The maximum Gasteiger partial charge on any atom is 0.0968 e. The average Bonchev–Trinajstić information content (AvgIpc) is 2.06. The van der Waals surface area contributed by atoms with Crippen LogP contribution < -0.4 is 4.90 Å². The molecule has 0 aliphatic carbocycles. The van der Waals surface area contributed by atoms with Crippen molar-refractivity contribution in [2.75, 3.05) is 32.0 Å². The molecule has 2 N–H and O–H groups in total. The van der Waals surface area contributed by atoms with Crippen LogP contribution in [0.5, 0.6) is 0 Å². The first-order valence-corrected chi connectivity index (χ1v) is 6.36. The summed E-state index contributed by atoms with van der Waals surface area (Å²) in [7, 11) is -4.17. The van der Waals surface area contributed by atoms with Gasteiger partial charge in [0.15, 0.2) is 0 Å². The van der Waals surface area contributed by atoms with Crippen LogP contribution in [-0.4, -0.2) is 50.1 Å². The lowest BCUT2D eigenvalue weighted by atomic mass is 10.5. The second-order valence-electron chi connectivity index (χ2n) is 2.80. The molecule has 0 aromatic carbocycles. The fourth-order valence-electron chi connectivity index (χ4n) is 0.862. The van der Waals surface area contributed by atoms with E-state index in [2.05, 4.69) is 20.8 Å². The number of rotatable bonds is 5. The van der Waals surface area contributed by atoms with Crippen molar-refractivity contribution >= 4 is 10.1 Å². The molecule has 0 aliphatic rings. The smallest absolute Gasteiger partial charge is 0.0968 e. The molecular formula is C8H21NO4S. The van der Waals surface area contributed by atoms with Crippen LogP contribution in [0, 0.1) is 0 Å². The highest BCUT2D eigenvalue weighted by Gasteiger charge is 1.92. The van der Waals surface area contributed by atoms with Crippen molar-refractivity contribution in [3.05, 3.63) is 0 Å². The van der Waals surface area contributed by atoms with Gasteiger partial charge in [0, 0.05) is 0 Å². The topological polar surface area (TPSA) is 81.9 Å². The zero-order valence-electron chi connectivity index (χ0n) is 9.12. The molecule has 0 rings (SSSR count). The van der Waals surface area contributed by atoms with Gasteiger partial charge in [0.2, 0.25) is 0 Å². The molecule has 0 spiro atoms. The minimum absolute atomic E-state index is 0.591. The Hall–Kier alpha value is -0.170. The number of aliphatic hydroxyl groups is 1. The molecule has 0 amide bonds. The second kappa shape index (κ2) is 9.39. The fraction of sp³-hybridized carbons (Fsp3) is 1.00. The van der Waals surface area contributed by atoms with Crippen molar-refractivity contribution in [3.8, 4) is 0 Å². The molecule has 88 valence electrons. The summed E-state index contributed by atoms with van der Waals surface area (Å²) in [6, 6.07) is 0. The van der Waals surface area contributed by atoms with E-state index in [0.29, 0.717) is 0 Å². The summed E-state index contributed by atoms with van der Waals surface area (Å²) in [5, 5.41) is 7.82. The van der Waals surface area contributed by atoms with Crippen molar-refractivity contribution in [2.45, 2.75) is 20.8 Å². The van der Waals surface area contributed by atoms with E-state index in [9.17, 15) is 13.0 Å². The first kappa shape index (κ1) is 16.3. The number of hydrogen-bond acceptors (Lipinski definition) is 4. The maximum absolute atomic E-state index is 9.52. The minimum Gasteiger partial charge on any atom is -0.748 e. The lowest BCUT2D eigenvalue weighted by molar-refractivity contribution is -0.894. The van der Waals surface area contributed by atoms with Gasteiger partial charge in [0.1, 0.15) is 0 Å². The van der Waals surface area contributed by atoms with E-state index < -0.39 is 22.5 Å². The van der Waals surface area contributed by atoms with Gasteiger partial charge in [-0.05, 0) is 20.8 Å². The highest BCUT2D eigenvalue weighted by Crippen LogP contribution is 1.75. The zero-order chi connectivity index (χ0) is 11.6. The molecular weight excluding hydrogens is 206 g/mol. The van der Waals surface area contributed by atoms with Gasteiger partial charge < -0.3 is 14.6 Å². The third-order valence-electron chi connectivity index (χ3n) is 1.84. The lowest BCUT2D eigenvalue weighted by Crippen LogP contribution is -3.11. The first-order chi connectivity index (χ1) is 6.41. The molecule has 6 heteroatoms. The molecule has 0 saturated heterocycles. The van der Waals surface area contributed by atoms with Gasteiger partial charge in [0.05, 0.1) is 42.1 Å². The Morgan fingerprint density at radius 1 is 1.14 bits per heavy atom. The zero-order valence-corrected chi connectivity index (χ0v) is 9.93. The van der Waals surface area contributed by atoms with Gasteiger partial charge >= 0.3 is 0 Å². The SMILES string of the molecule is CC[NH+](CC)CC.O=S(=O)([O-])CCO. The summed E-state index contributed by atoms with van der Waals surface area (Å²) in [5.41, 5.74) is 0. The van der Waals surface area contributed by atoms with Gasteiger partial charge in [-0.2, -0.15) is 0 Å². The van der Waals surface area contributed by atoms with Crippen molar-refractivity contribution in [1.82, 2.24) is 0 Å². The van der Waals surface area contributed by atoms with Crippen molar-refractivity contribution < 1.29 is 23.0 Å². The Morgan fingerprint density at radius 2 is 1.50 bits per heavy atom. The number of aliphatic hydroxyl groups excluding tert-OH is 1. The standard InChI is InChI=1S/C6H15N.C2H6O4S/c1-4-7(5-2)6-3;3-1-2-7(4,5)6/h4-6H2,1-3H3;3H,1-2H2,(H,4,5,6). The van der Waals surface area contributed by atoms with E-state index in [4.69, 9.17) is 5.11 Å². The van der Waals surface area contributed by atoms with E-state index in [-0.39, 0.29) is 0 Å². The summed E-state index contributed by atoms with van der Waals surface area (Å²) in [5.74, 6) is -0.688. The quantitative estimate of drug-likeness (QED) is 0.557. The third-order valence-corrected chi connectivity index (χ3v) is 2.52. The Balaban J connectivity index is 0. The first-order valence-electron chi connectivity index (χ1n) is 4.79. The molecule has 5 nitrogen and oxygen atoms in total. The number of quaternary nitrogens is 1. The van der Waals surface area contributed by atoms with Crippen LogP contribution in [0.3, 0.4) is 0 Å². The predicted molar refractivity (Wildman–Crippen MR) is 54.2 cm³/mol. The molecule has 0 aromatic rings. The fourth-order valence-corrected chi connectivity index (χ4v) is 1.09. The summed E-state index contributed by atoms with van der Waals surface area (Å²) >= 11 is 0. The van der Waals surface area contributed by atoms with Crippen LogP contribution in [0.4, 0.5) is 0 Å². The minimum atomic E-state index is -4.17. The maximum atomic E-state index is 9.52. The molecule has 0 aromatic heterocycles. The highest BCUT2D eigenvalue weighted by molar-refractivity contribution is 7.85. The average molecular weight is 227 g/mol. The molecule has 0 unspecified atom stereocenters. The van der Waals surface area contributed by atoms with E-state index in [1.807, 2.05) is 0 Å². The Morgan fingerprint density at radius 3 is 1.50 bits per heavy atom. The number of nitrogens with one attached hydrogen (secondary N) is 1. The summed E-state index contributed by atoms with van der Waals surface area (Å²) in [4.78, 5) is 1.68. The number of hydrogen-bond donors (Lipinski definition) is 2. The van der Waals surface area contributed by atoms with E-state index >= 15 is 0 Å². The summed E-state index contributed by atoms with van der Waals surface area (Å²) in [6.45, 7) is 9.89. The predicted octanol–water partition coefficient (Wildman–Crippen LogP) is -1.55. The Bertz CT molecular complexity index is 194. The molecule has 0 aliphatic heterocycles. The Labute approximate surface area is 86.5 Å². The Kier molecular flexibility index (Phi) is 10.9. The van der Waals surface area contributed by atoms with Gasteiger partial charge in [-0.1, -0.05) is 0 Å². The third kappa shape index (κ3) is 14.4. The molecule has 0 atom stereocenters. The van der Waals surface area contributed by atoms with Crippen LogP contribution in [0.15, 0.2) is 0 Å². The molecule has 0 saturated carbocycles. The normalized spacial score (nSPS) is 11.0. The van der Waals surface area contributed by atoms with Crippen molar-refractivity contribution in [2.24, 2.45) is 0 Å². The molecule has 0 heterocycles. The van der Waals surface area contributed by atoms with Gasteiger partial charge in [-0.15, -0.1) is 0 Å². The van der Waals surface area contributed by atoms with Gasteiger partial charge in [-0.25, -0.2) is 8.42 Å². The van der Waals surface area contributed by atoms with Gasteiger partial charge in [0.25, 0.3) is 0 Å². The van der Waals surface area contributed by atoms with Crippen LogP contribution in [0.25, 0.3) is 0 Å². The van der Waals surface area contributed by atoms with Crippen molar-refractivity contribution in [3.63, 3.8) is 0 Å². The van der Waals surface area contributed by atoms with Gasteiger partial charge in [-0.3, -0.25) is 0 Å². The summed E-state index contributed by atoms with van der Waals surface area (Å²) in [6.07, 6.45) is 0. The van der Waals surface area contributed by atoms with Crippen LogP contribution in [-0.2, 0) is 10.1 Å². The highest BCUT2D eigenvalue weighted by atomic mass is 32.2. The second-order valence-corrected chi connectivity index (χ2v) is 4.32. The summed E-state index contributed by atoms with van der Waals surface area (Å²) < 4.78 is 28.5. The van der Waals surface area contributed by atoms with E-state index in [1.165, 1.54) is 19.6 Å². The molecule has 0 bridgehead atoms. The van der Waals surface area contributed by atoms with Crippen LogP contribution in [0.2, 0.25) is 0 Å². The molecule has 0 fully saturated rings. The largest absolute Gasteiger partial charge is 0.748 e. The van der Waals surface area contributed by atoms with Crippen LogP contribution in [0.1, 0.15) is 20.8 Å². The monoisotopic (exact) mass is 227 g/mol. The lowest BCUT2D eigenvalue weighted by Gasteiger charge is -2.10. The van der Waals surface area contributed by atoms with E-state index in [0.717, 1.165) is 0 Å². The molecule has 0 radical (unpaired) electrons.